The highest BCUT2D eigenvalue weighted by Crippen LogP contribution is 2.22. The maximum absolute atomic E-state index is 9.44. The summed E-state index contributed by atoms with van der Waals surface area (Å²) in [6.07, 6.45) is 3.44. The Balaban J connectivity index is 1.99. The summed E-state index contributed by atoms with van der Waals surface area (Å²) >= 11 is 5.89. The third kappa shape index (κ3) is 2.94. The van der Waals surface area contributed by atoms with Crippen LogP contribution in [0.4, 0.5) is 0 Å². The number of pyridine rings is 1. The molecule has 0 saturated carbocycles. The van der Waals surface area contributed by atoms with Gasteiger partial charge in [0.05, 0.1) is 18.8 Å². The molecule has 0 saturated heterocycles. The third-order valence-electron chi connectivity index (χ3n) is 3.14. The molecular weight excluding hydrogens is 288 g/mol. The summed E-state index contributed by atoms with van der Waals surface area (Å²) in [7, 11) is 0. The molecule has 6 heteroatoms. The Morgan fingerprint density at radius 1 is 1.14 bits per heavy atom. The molecule has 0 aliphatic rings. The molecule has 21 heavy (non-hydrogen) atoms. The molecule has 0 unspecified atom stereocenters. The number of halogens is 1. The first-order valence-corrected chi connectivity index (χ1v) is 6.84. The van der Waals surface area contributed by atoms with Gasteiger partial charge in [-0.15, -0.1) is 5.10 Å². The number of rotatable bonds is 4. The van der Waals surface area contributed by atoms with Crippen LogP contribution >= 0.6 is 11.6 Å². The van der Waals surface area contributed by atoms with Gasteiger partial charge in [-0.3, -0.25) is 4.98 Å². The van der Waals surface area contributed by atoms with Crippen molar-refractivity contribution in [1.82, 2.24) is 20.0 Å². The molecular formula is C15H13ClN4O. The van der Waals surface area contributed by atoms with Crippen molar-refractivity contribution >= 4 is 11.6 Å². The van der Waals surface area contributed by atoms with Crippen LogP contribution < -0.4 is 0 Å². The zero-order valence-electron chi connectivity index (χ0n) is 11.1. The molecule has 0 bridgehead atoms. The van der Waals surface area contributed by atoms with Crippen molar-refractivity contribution in [3.05, 3.63) is 65.1 Å². The quantitative estimate of drug-likeness (QED) is 0.804. The van der Waals surface area contributed by atoms with Gasteiger partial charge in [-0.1, -0.05) is 28.9 Å². The standard InChI is InChI=1S/C15H13ClN4O/c16-13-5-3-11(4-6-13)9-20-15(14(10-21)18-19-20)12-2-1-7-17-8-12/h1-8,21H,9-10H2. The van der Waals surface area contributed by atoms with E-state index in [9.17, 15) is 5.11 Å². The summed E-state index contributed by atoms with van der Waals surface area (Å²) in [6.45, 7) is 0.388. The van der Waals surface area contributed by atoms with Crippen molar-refractivity contribution < 1.29 is 5.11 Å². The summed E-state index contributed by atoms with van der Waals surface area (Å²) in [5, 5.41) is 18.3. The van der Waals surface area contributed by atoms with Gasteiger partial charge in [-0.2, -0.15) is 0 Å². The normalized spacial score (nSPS) is 10.8. The van der Waals surface area contributed by atoms with E-state index in [0.29, 0.717) is 17.3 Å². The van der Waals surface area contributed by atoms with E-state index in [1.54, 1.807) is 17.1 Å². The predicted molar refractivity (Wildman–Crippen MR) is 79.7 cm³/mol. The van der Waals surface area contributed by atoms with Crippen LogP contribution in [0.15, 0.2) is 48.8 Å². The molecule has 3 rings (SSSR count). The van der Waals surface area contributed by atoms with Gasteiger partial charge in [0.25, 0.3) is 0 Å². The number of hydrogen-bond acceptors (Lipinski definition) is 4. The number of nitrogens with zero attached hydrogens (tertiary/aromatic N) is 4. The fourth-order valence-electron chi connectivity index (χ4n) is 2.15. The second kappa shape index (κ2) is 6.03. The van der Waals surface area contributed by atoms with E-state index >= 15 is 0 Å². The molecule has 0 atom stereocenters. The van der Waals surface area contributed by atoms with Gasteiger partial charge in [0.15, 0.2) is 0 Å². The van der Waals surface area contributed by atoms with Crippen molar-refractivity contribution in [3.63, 3.8) is 0 Å². The minimum absolute atomic E-state index is 0.162. The van der Waals surface area contributed by atoms with Crippen LogP contribution in [0.3, 0.4) is 0 Å². The van der Waals surface area contributed by atoms with E-state index in [4.69, 9.17) is 11.6 Å². The van der Waals surface area contributed by atoms with Gasteiger partial charge in [0, 0.05) is 23.0 Å². The second-order valence-corrected chi connectivity index (χ2v) is 5.01. The summed E-state index contributed by atoms with van der Waals surface area (Å²) in [5.41, 5.74) is 3.25. The lowest BCUT2D eigenvalue weighted by Gasteiger charge is -2.07. The lowest BCUT2D eigenvalue weighted by Crippen LogP contribution is -2.04. The van der Waals surface area contributed by atoms with Gasteiger partial charge < -0.3 is 5.11 Å². The zero-order valence-corrected chi connectivity index (χ0v) is 11.9. The highest BCUT2D eigenvalue weighted by Gasteiger charge is 2.14. The molecule has 1 N–H and O–H groups in total. The number of benzene rings is 1. The van der Waals surface area contributed by atoms with Crippen LogP contribution in [0.1, 0.15) is 11.3 Å². The summed E-state index contributed by atoms with van der Waals surface area (Å²) in [5.74, 6) is 0. The van der Waals surface area contributed by atoms with Crippen molar-refractivity contribution in [2.75, 3.05) is 0 Å². The summed E-state index contributed by atoms with van der Waals surface area (Å²) in [4.78, 5) is 4.11. The molecule has 0 fully saturated rings. The lowest BCUT2D eigenvalue weighted by atomic mass is 10.1. The number of hydrogen-bond donors (Lipinski definition) is 1. The molecule has 5 nitrogen and oxygen atoms in total. The largest absolute Gasteiger partial charge is 0.390 e. The highest BCUT2D eigenvalue weighted by molar-refractivity contribution is 6.30. The predicted octanol–water partition coefficient (Wildman–Crippen LogP) is 2.53. The Morgan fingerprint density at radius 3 is 2.62 bits per heavy atom. The molecule has 0 spiro atoms. The minimum Gasteiger partial charge on any atom is -0.390 e. The summed E-state index contributed by atoms with van der Waals surface area (Å²) in [6, 6.07) is 11.3. The topological polar surface area (TPSA) is 63.8 Å². The van der Waals surface area contributed by atoms with Crippen LogP contribution in [-0.2, 0) is 13.2 Å². The van der Waals surface area contributed by atoms with E-state index in [-0.39, 0.29) is 6.61 Å². The molecule has 0 radical (unpaired) electrons. The Labute approximate surface area is 126 Å². The first kappa shape index (κ1) is 13.7. The first-order chi connectivity index (χ1) is 10.3. The molecule has 2 aromatic heterocycles. The van der Waals surface area contributed by atoms with E-state index in [0.717, 1.165) is 16.8 Å². The van der Waals surface area contributed by atoms with Crippen molar-refractivity contribution in [2.45, 2.75) is 13.2 Å². The zero-order chi connectivity index (χ0) is 14.7. The van der Waals surface area contributed by atoms with Gasteiger partial charge in [-0.25, -0.2) is 4.68 Å². The molecule has 3 aromatic rings. The van der Waals surface area contributed by atoms with Gasteiger partial charge in [-0.05, 0) is 29.8 Å². The van der Waals surface area contributed by atoms with E-state index in [1.807, 2.05) is 36.4 Å². The van der Waals surface area contributed by atoms with Crippen LogP contribution in [0.5, 0.6) is 0 Å². The Bertz CT molecular complexity index is 725. The molecule has 2 heterocycles. The summed E-state index contributed by atoms with van der Waals surface area (Å²) < 4.78 is 1.76. The molecule has 0 aliphatic heterocycles. The van der Waals surface area contributed by atoms with Crippen LogP contribution in [0.2, 0.25) is 5.02 Å². The number of aromatic nitrogens is 4. The number of aliphatic hydroxyl groups is 1. The SMILES string of the molecule is OCc1nnn(Cc2ccc(Cl)cc2)c1-c1cccnc1. The van der Waals surface area contributed by atoms with E-state index in [1.165, 1.54) is 0 Å². The van der Waals surface area contributed by atoms with Gasteiger partial charge >= 0.3 is 0 Å². The van der Waals surface area contributed by atoms with Crippen LogP contribution in [0, 0.1) is 0 Å². The van der Waals surface area contributed by atoms with Gasteiger partial charge in [0.2, 0.25) is 0 Å². The Morgan fingerprint density at radius 2 is 1.95 bits per heavy atom. The molecule has 1 aromatic carbocycles. The van der Waals surface area contributed by atoms with Crippen molar-refractivity contribution in [1.29, 1.82) is 0 Å². The maximum Gasteiger partial charge on any atom is 0.116 e. The highest BCUT2D eigenvalue weighted by atomic mass is 35.5. The average Bonchev–Trinajstić information content (AvgIpc) is 2.93. The Hall–Kier alpha value is -2.24. The third-order valence-corrected chi connectivity index (χ3v) is 3.39. The van der Waals surface area contributed by atoms with Crippen LogP contribution in [-0.4, -0.2) is 25.1 Å². The lowest BCUT2D eigenvalue weighted by molar-refractivity contribution is 0.277. The number of aliphatic hydroxyl groups excluding tert-OH is 1. The van der Waals surface area contributed by atoms with Gasteiger partial charge in [0.1, 0.15) is 5.69 Å². The molecule has 0 amide bonds. The smallest absolute Gasteiger partial charge is 0.116 e. The van der Waals surface area contributed by atoms with Crippen molar-refractivity contribution in [3.8, 4) is 11.3 Å². The van der Waals surface area contributed by atoms with Crippen molar-refractivity contribution in [2.24, 2.45) is 0 Å². The Kier molecular flexibility index (Phi) is 3.94. The average molecular weight is 301 g/mol. The molecule has 0 aliphatic carbocycles. The van der Waals surface area contributed by atoms with E-state index < -0.39 is 0 Å². The fourth-order valence-corrected chi connectivity index (χ4v) is 2.27. The van der Waals surface area contributed by atoms with E-state index in [2.05, 4.69) is 15.3 Å². The fraction of sp³-hybridized carbons (Fsp3) is 0.133. The maximum atomic E-state index is 9.44. The molecule has 106 valence electrons. The minimum atomic E-state index is -0.162. The second-order valence-electron chi connectivity index (χ2n) is 4.57. The van der Waals surface area contributed by atoms with Crippen LogP contribution in [0.25, 0.3) is 11.3 Å². The first-order valence-electron chi connectivity index (χ1n) is 6.46. The monoisotopic (exact) mass is 300 g/mol.